The zero-order chi connectivity index (χ0) is 16.2. The van der Waals surface area contributed by atoms with Crippen molar-refractivity contribution in [3.63, 3.8) is 0 Å². The zero-order valence-corrected chi connectivity index (χ0v) is 13.0. The number of ketones is 1. The average Bonchev–Trinajstić information content (AvgIpc) is 2.59. The van der Waals surface area contributed by atoms with Gasteiger partial charge in [-0.05, 0) is 17.2 Å². The van der Waals surface area contributed by atoms with Crippen molar-refractivity contribution < 1.29 is 4.79 Å². The number of rotatable bonds is 4. The molecule has 23 heavy (non-hydrogen) atoms. The van der Waals surface area contributed by atoms with Gasteiger partial charge in [0.2, 0.25) is 0 Å². The van der Waals surface area contributed by atoms with Crippen LogP contribution in [0, 0.1) is 0 Å². The number of nitrogens with zero attached hydrogens (tertiary/aromatic N) is 1. The SMILES string of the molecule is O=C(Cn1cc(Cl)ccc1=O)c1ccc(-c2ccccc2)cc1. The number of halogens is 1. The molecule has 114 valence electrons. The van der Waals surface area contributed by atoms with Crippen LogP contribution in [-0.2, 0) is 6.54 Å². The van der Waals surface area contributed by atoms with E-state index < -0.39 is 0 Å². The first-order valence-corrected chi connectivity index (χ1v) is 7.56. The summed E-state index contributed by atoms with van der Waals surface area (Å²) < 4.78 is 1.32. The van der Waals surface area contributed by atoms with E-state index in [9.17, 15) is 9.59 Å². The van der Waals surface area contributed by atoms with Crippen LogP contribution in [0.1, 0.15) is 10.4 Å². The minimum absolute atomic E-state index is 0.0237. The summed E-state index contributed by atoms with van der Waals surface area (Å²) in [7, 11) is 0. The summed E-state index contributed by atoms with van der Waals surface area (Å²) in [6, 6.07) is 20.2. The average molecular weight is 324 g/mol. The standard InChI is InChI=1S/C19H14ClNO2/c20-17-10-11-19(23)21(12-17)13-18(22)16-8-6-15(7-9-16)14-4-2-1-3-5-14/h1-12H,13H2. The third kappa shape index (κ3) is 3.58. The van der Waals surface area contributed by atoms with Crippen LogP contribution >= 0.6 is 11.6 Å². The van der Waals surface area contributed by atoms with Gasteiger partial charge in [0, 0.05) is 17.8 Å². The molecule has 0 spiro atoms. The molecular formula is C19H14ClNO2. The summed E-state index contributed by atoms with van der Waals surface area (Å²) in [5.74, 6) is -0.131. The number of pyridine rings is 1. The van der Waals surface area contributed by atoms with E-state index in [1.165, 1.54) is 22.9 Å². The summed E-state index contributed by atoms with van der Waals surface area (Å²) in [6.07, 6.45) is 1.47. The van der Waals surface area contributed by atoms with Gasteiger partial charge in [0.05, 0.1) is 11.6 Å². The molecule has 0 aliphatic rings. The highest BCUT2D eigenvalue weighted by Gasteiger charge is 2.08. The molecule has 3 nitrogen and oxygen atoms in total. The highest BCUT2D eigenvalue weighted by Crippen LogP contribution is 2.19. The normalized spacial score (nSPS) is 10.5. The third-order valence-corrected chi connectivity index (χ3v) is 3.80. The van der Waals surface area contributed by atoms with Crippen molar-refractivity contribution in [3.05, 3.63) is 93.9 Å². The van der Waals surface area contributed by atoms with Gasteiger partial charge in [-0.3, -0.25) is 9.59 Å². The summed E-state index contributed by atoms with van der Waals surface area (Å²) in [5.41, 5.74) is 2.46. The fraction of sp³-hybridized carbons (Fsp3) is 0.0526. The van der Waals surface area contributed by atoms with Gasteiger partial charge < -0.3 is 4.57 Å². The van der Waals surface area contributed by atoms with E-state index in [2.05, 4.69) is 0 Å². The van der Waals surface area contributed by atoms with Crippen LogP contribution in [0.2, 0.25) is 5.02 Å². The second kappa shape index (κ2) is 6.63. The molecule has 1 heterocycles. The Bertz CT molecular complexity index is 883. The van der Waals surface area contributed by atoms with Crippen molar-refractivity contribution >= 4 is 17.4 Å². The molecule has 0 saturated heterocycles. The molecule has 0 unspecified atom stereocenters. The molecule has 4 heteroatoms. The summed E-state index contributed by atoms with van der Waals surface area (Å²) in [6.45, 7) is -0.0237. The second-order valence-corrected chi connectivity index (χ2v) is 5.62. The van der Waals surface area contributed by atoms with Crippen molar-refractivity contribution in [2.45, 2.75) is 6.54 Å². The van der Waals surface area contributed by atoms with Crippen LogP contribution in [-0.4, -0.2) is 10.4 Å². The van der Waals surface area contributed by atoms with Gasteiger partial charge in [0.25, 0.3) is 5.56 Å². The second-order valence-electron chi connectivity index (χ2n) is 5.18. The van der Waals surface area contributed by atoms with Crippen molar-refractivity contribution in [1.29, 1.82) is 0 Å². The number of carbonyl (C=O) groups is 1. The molecule has 0 aliphatic heterocycles. The highest BCUT2D eigenvalue weighted by molar-refractivity contribution is 6.30. The van der Waals surface area contributed by atoms with Crippen molar-refractivity contribution in [1.82, 2.24) is 4.57 Å². The summed E-state index contributed by atoms with van der Waals surface area (Å²) in [4.78, 5) is 24.1. The third-order valence-electron chi connectivity index (χ3n) is 3.58. The van der Waals surface area contributed by atoms with Crippen LogP contribution in [0.5, 0.6) is 0 Å². The number of benzene rings is 2. The molecule has 0 N–H and O–H groups in total. The Morgan fingerprint density at radius 1 is 0.870 bits per heavy atom. The highest BCUT2D eigenvalue weighted by atomic mass is 35.5. The van der Waals surface area contributed by atoms with Crippen LogP contribution in [0.3, 0.4) is 0 Å². The molecule has 0 saturated carbocycles. The van der Waals surface area contributed by atoms with Crippen LogP contribution in [0.25, 0.3) is 11.1 Å². The molecule has 0 radical (unpaired) electrons. The van der Waals surface area contributed by atoms with E-state index in [1.807, 2.05) is 42.5 Å². The maximum atomic E-state index is 12.3. The Hall–Kier alpha value is -2.65. The van der Waals surface area contributed by atoms with Crippen molar-refractivity contribution in [3.8, 4) is 11.1 Å². The summed E-state index contributed by atoms with van der Waals surface area (Å²) in [5, 5.41) is 0.428. The van der Waals surface area contributed by atoms with E-state index in [4.69, 9.17) is 11.6 Å². The molecule has 0 amide bonds. The topological polar surface area (TPSA) is 39.1 Å². The Kier molecular flexibility index (Phi) is 4.40. The van der Waals surface area contributed by atoms with E-state index >= 15 is 0 Å². The van der Waals surface area contributed by atoms with Gasteiger partial charge in [-0.25, -0.2) is 0 Å². The van der Waals surface area contributed by atoms with Gasteiger partial charge in [-0.2, -0.15) is 0 Å². The van der Waals surface area contributed by atoms with Crippen LogP contribution in [0.15, 0.2) is 77.7 Å². The predicted molar refractivity (Wildman–Crippen MR) is 91.9 cm³/mol. The van der Waals surface area contributed by atoms with Crippen molar-refractivity contribution in [2.24, 2.45) is 0 Å². The maximum Gasteiger partial charge on any atom is 0.251 e. The minimum Gasteiger partial charge on any atom is -0.306 e. The van der Waals surface area contributed by atoms with Crippen LogP contribution in [0.4, 0.5) is 0 Å². The van der Waals surface area contributed by atoms with E-state index in [0.29, 0.717) is 10.6 Å². The number of hydrogen-bond acceptors (Lipinski definition) is 2. The Morgan fingerprint density at radius 3 is 2.22 bits per heavy atom. The smallest absolute Gasteiger partial charge is 0.251 e. The maximum absolute atomic E-state index is 12.3. The molecule has 3 aromatic rings. The van der Waals surface area contributed by atoms with E-state index in [1.54, 1.807) is 12.1 Å². The lowest BCUT2D eigenvalue weighted by Crippen LogP contribution is -2.22. The van der Waals surface area contributed by atoms with E-state index in [-0.39, 0.29) is 17.9 Å². The fourth-order valence-corrected chi connectivity index (χ4v) is 2.53. The largest absolute Gasteiger partial charge is 0.306 e. The lowest BCUT2D eigenvalue weighted by molar-refractivity contribution is 0.0971. The Labute approximate surface area is 138 Å². The van der Waals surface area contributed by atoms with Gasteiger partial charge in [0.1, 0.15) is 0 Å². The Balaban J connectivity index is 1.81. The first kappa shape index (κ1) is 15.3. The lowest BCUT2D eigenvalue weighted by Gasteiger charge is -2.06. The van der Waals surface area contributed by atoms with Crippen LogP contribution < -0.4 is 5.56 Å². The monoisotopic (exact) mass is 323 g/mol. The predicted octanol–water partition coefficient (Wildman–Crippen LogP) is 4.05. The quantitative estimate of drug-likeness (QED) is 0.679. The minimum atomic E-state index is -0.247. The van der Waals surface area contributed by atoms with E-state index in [0.717, 1.165) is 11.1 Å². The van der Waals surface area contributed by atoms with Crippen molar-refractivity contribution in [2.75, 3.05) is 0 Å². The van der Waals surface area contributed by atoms with Gasteiger partial charge in [-0.15, -0.1) is 0 Å². The number of aromatic nitrogens is 1. The molecule has 0 bridgehead atoms. The first-order chi connectivity index (χ1) is 11.1. The molecule has 3 rings (SSSR count). The lowest BCUT2D eigenvalue weighted by atomic mass is 10.0. The molecule has 0 aliphatic carbocycles. The van der Waals surface area contributed by atoms with Gasteiger partial charge >= 0.3 is 0 Å². The van der Waals surface area contributed by atoms with Gasteiger partial charge in [-0.1, -0.05) is 66.2 Å². The summed E-state index contributed by atoms with van der Waals surface area (Å²) >= 11 is 5.86. The molecule has 1 aromatic heterocycles. The number of Topliss-reactive ketones (excluding diaryl/α,β-unsaturated/α-hetero) is 1. The fourth-order valence-electron chi connectivity index (χ4n) is 2.35. The Morgan fingerprint density at radius 2 is 1.52 bits per heavy atom. The number of hydrogen-bond donors (Lipinski definition) is 0. The molecule has 2 aromatic carbocycles. The zero-order valence-electron chi connectivity index (χ0n) is 12.3. The first-order valence-electron chi connectivity index (χ1n) is 7.18. The molecular weight excluding hydrogens is 310 g/mol. The molecule has 0 atom stereocenters. The number of carbonyl (C=O) groups excluding carboxylic acids is 1. The molecule has 0 fully saturated rings. The van der Waals surface area contributed by atoms with Gasteiger partial charge in [0.15, 0.2) is 5.78 Å².